The molecule has 0 atom stereocenters. The number of nitrogens with one attached hydrogen (secondary N) is 2. The van der Waals surface area contributed by atoms with Crippen LogP contribution < -0.4 is 11.1 Å². The third-order valence-electron chi connectivity index (χ3n) is 4.36. The molecule has 2 N–H and O–H groups in total. The van der Waals surface area contributed by atoms with E-state index < -0.39 is 11.7 Å². The number of nitrogens with zero attached hydrogens (tertiary/aromatic N) is 3. The molecule has 0 unspecified atom stereocenters. The van der Waals surface area contributed by atoms with Crippen LogP contribution in [0.15, 0.2) is 63.9 Å². The van der Waals surface area contributed by atoms with Crippen molar-refractivity contribution >= 4 is 29.3 Å². The smallest absolute Gasteiger partial charge is 0.322 e. The molecule has 156 valence electrons. The van der Waals surface area contributed by atoms with Crippen molar-refractivity contribution in [2.24, 2.45) is 0 Å². The van der Waals surface area contributed by atoms with Crippen molar-refractivity contribution < 1.29 is 13.7 Å². The first-order valence-electron chi connectivity index (χ1n) is 9.07. The Kier molecular flexibility index (Phi) is 5.50. The fourth-order valence-corrected chi connectivity index (χ4v) is 3.23. The summed E-state index contributed by atoms with van der Waals surface area (Å²) in [6, 6.07) is 12.5. The number of anilines is 1. The number of hydrogen-bond donors (Lipinski definition) is 2. The molecule has 4 rings (SSSR count). The molecule has 0 saturated heterocycles. The maximum Gasteiger partial charge on any atom is 0.439 e. The van der Waals surface area contributed by atoms with Crippen LogP contribution in [-0.2, 0) is 4.79 Å². The highest BCUT2D eigenvalue weighted by Gasteiger charge is 2.13. The number of H-pyrrole nitrogens is 1. The minimum Gasteiger partial charge on any atom is -0.322 e. The first-order chi connectivity index (χ1) is 14.9. The fraction of sp³-hybridized carbons (Fsp3) is 0.0476. The first-order valence-corrected chi connectivity index (χ1v) is 9.45. The van der Waals surface area contributed by atoms with Gasteiger partial charge in [-0.15, -0.1) is 0 Å². The molecule has 0 saturated carbocycles. The summed E-state index contributed by atoms with van der Waals surface area (Å²) in [7, 11) is 0. The van der Waals surface area contributed by atoms with E-state index >= 15 is 0 Å². The van der Waals surface area contributed by atoms with Crippen molar-refractivity contribution in [3.63, 3.8) is 0 Å². The maximum atomic E-state index is 13.2. The number of amides is 1. The van der Waals surface area contributed by atoms with Crippen LogP contribution in [0.4, 0.5) is 10.1 Å². The average Bonchev–Trinajstić information content (AvgIpc) is 3.30. The van der Waals surface area contributed by atoms with Crippen molar-refractivity contribution in [2.75, 3.05) is 5.32 Å². The van der Waals surface area contributed by atoms with Crippen LogP contribution in [0, 0.1) is 12.7 Å². The maximum absolute atomic E-state index is 13.2. The van der Waals surface area contributed by atoms with Gasteiger partial charge in [0, 0.05) is 22.9 Å². The molecule has 1 amide bonds. The molecule has 0 spiro atoms. The molecule has 10 heteroatoms. The molecule has 2 aromatic carbocycles. The highest BCUT2D eigenvalue weighted by atomic mass is 35.5. The summed E-state index contributed by atoms with van der Waals surface area (Å²) in [6.07, 6.45) is 2.88. The quantitative estimate of drug-likeness (QED) is 0.458. The van der Waals surface area contributed by atoms with Gasteiger partial charge in [0.25, 0.3) is 0 Å². The molecule has 0 bridgehead atoms. The van der Waals surface area contributed by atoms with Crippen molar-refractivity contribution in [1.82, 2.24) is 19.9 Å². The lowest BCUT2D eigenvalue weighted by Crippen LogP contribution is -2.07. The van der Waals surface area contributed by atoms with E-state index in [9.17, 15) is 14.0 Å². The molecular formula is C21H15ClFN5O3. The van der Waals surface area contributed by atoms with Gasteiger partial charge in [-0.2, -0.15) is 5.10 Å². The molecule has 2 heterocycles. The van der Waals surface area contributed by atoms with Gasteiger partial charge in [0.1, 0.15) is 11.0 Å². The van der Waals surface area contributed by atoms with E-state index in [1.54, 1.807) is 49.4 Å². The summed E-state index contributed by atoms with van der Waals surface area (Å²) in [5, 5.41) is 11.0. The van der Waals surface area contributed by atoms with Gasteiger partial charge in [0.05, 0.1) is 11.4 Å². The first kappa shape index (κ1) is 20.3. The summed E-state index contributed by atoms with van der Waals surface area (Å²) < 4.78 is 19.1. The van der Waals surface area contributed by atoms with Crippen molar-refractivity contribution in [3.8, 4) is 17.1 Å². The second-order valence-corrected chi connectivity index (χ2v) is 6.88. The highest BCUT2D eigenvalue weighted by Crippen LogP contribution is 2.25. The molecule has 8 nitrogen and oxygen atoms in total. The summed E-state index contributed by atoms with van der Waals surface area (Å²) in [6.45, 7) is 1.76. The minimum atomic E-state index is -0.666. The largest absolute Gasteiger partial charge is 0.439 e. The molecule has 0 aliphatic carbocycles. The lowest BCUT2D eigenvalue weighted by Gasteiger charge is -2.04. The standard InChI is InChI=1S/C21H15ClFN5O3/c1-12-17(19(22)28(26-12)16-7-5-14(23)6-8-16)9-10-18(29)24-15-4-2-3-13(11-15)20-25-21(30)31-27-20/h2-11H,1H3,(H,24,29)(H,25,27,30)/b10-9+. The summed E-state index contributed by atoms with van der Waals surface area (Å²) >= 11 is 6.42. The van der Waals surface area contributed by atoms with Crippen molar-refractivity contribution in [1.29, 1.82) is 0 Å². The number of hydrogen-bond acceptors (Lipinski definition) is 5. The third kappa shape index (κ3) is 4.46. The van der Waals surface area contributed by atoms with Crippen LogP contribution in [0.2, 0.25) is 5.15 Å². The third-order valence-corrected chi connectivity index (χ3v) is 4.73. The van der Waals surface area contributed by atoms with E-state index in [0.717, 1.165) is 0 Å². The molecule has 0 aliphatic rings. The van der Waals surface area contributed by atoms with E-state index in [2.05, 4.69) is 25.1 Å². The van der Waals surface area contributed by atoms with E-state index in [1.807, 2.05) is 0 Å². The Morgan fingerprint density at radius 2 is 2.03 bits per heavy atom. The topological polar surface area (TPSA) is 106 Å². The number of aryl methyl sites for hydroxylation is 1. The van der Waals surface area contributed by atoms with Gasteiger partial charge in [-0.25, -0.2) is 13.9 Å². The summed E-state index contributed by atoms with van der Waals surface area (Å²) in [4.78, 5) is 25.9. The van der Waals surface area contributed by atoms with E-state index in [0.29, 0.717) is 33.3 Å². The Labute approximate surface area is 180 Å². The lowest BCUT2D eigenvalue weighted by molar-refractivity contribution is -0.111. The zero-order chi connectivity index (χ0) is 22.0. The van der Waals surface area contributed by atoms with Gasteiger partial charge in [0.15, 0.2) is 5.82 Å². The number of rotatable bonds is 5. The Balaban J connectivity index is 1.51. The van der Waals surface area contributed by atoms with Gasteiger partial charge in [-0.05, 0) is 49.4 Å². The second kappa shape index (κ2) is 8.41. The molecule has 0 fully saturated rings. The highest BCUT2D eigenvalue weighted by molar-refractivity contribution is 6.31. The monoisotopic (exact) mass is 439 g/mol. The van der Waals surface area contributed by atoms with E-state index in [4.69, 9.17) is 11.6 Å². The van der Waals surface area contributed by atoms with Gasteiger partial charge in [-0.3, -0.25) is 14.3 Å². The predicted octanol–water partition coefficient (Wildman–Crippen LogP) is 3.97. The van der Waals surface area contributed by atoms with E-state index in [1.165, 1.54) is 22.9 Å². The predicted molar refractivity (Wildman–Crippen MR) is 113 cm³/mol. The lowest BCUT2D eigenvalue weighted by atomic mass is 10.2. The summed E-state index contributed by atoms with van der Waals surface area (Å²) in [5.74, 6) is -1.16. The van der Waals surface area contributed by atoms with Crippen LogP contribution in [-0.4, -0.2) is 25.8 Å². The van der Waals surface area contributed by atoms with Crippen LogP contribution in [0.3, 0.4) is 0 Å². The van der Waals surface area contributed by atoms with Crippen molar-refractivity contribution in [3.05, 3.63) is 87.4 Å². The van der Waals surface area contributed by atoms with Crippen LogP contribution in [0.5, 0.6) is 0 Å². The van der Waals surface area contributed by atoms with Gasteiger partial charge < -0.3 is 5.32 Å². The fourth-order valence-electron chi connectivity index (χ4n) is 2.90. The van der Waals surface area contributed by atoms with Gasteiger partial charge in [-0.1, -0.05) is 28.9 Å². The Morgan fingerprint density at radius 1 is 1.26 bits per heavy atom. The Hall–Kier alpha value is -3.98. The SMILES string of the molecule is Cc1nn(-c2ccc(F)cc2)c(Cl)c1/C=C/C(=O)Nc1cccc(-c2noc(=O)[nH]2)c1. The number of benzene rings is 2. The molecule has 31 heavy (non-hydrogen) atoms. The number of aromatic nitrogens is 4. The van der Waals surface area contributed by atoms with Crippen LogP contribution in [0.25, 0.3) is 23.2 Å². The minimum absolute atomic E-state index is 0.257. The Bertz CT molecular complexity index is 1340. The van der Waals surface area contributed by atoms with E-state index in [-0.39, 0.29) is 11.6 Å². The normalized spacial score (nSPS) is 11.2. The van der Waals surface area contributed by atoms with Crippen LogP contribution in [0.1, 0.15) is 11.3 Å². The van der Waals surface area contributed by atoms with Crippen LogP contribution >= 0.6 is 11.6 Å². The number of halogens is 2. The van der Waals surface area contributed by atoms with Gasteiger partial charge in [0.2, 0.25) is 5.91 Å². The number of carbonyl (C=O) groups is 1. The number of aromatic amines is 1. The average molecular weight is 440 g/mol. The molecule has 2 aromatic heterocycles. The molecule has 0 radical (unpaired) electrons. The molecular weight excluding hydrogens is 425 g/mol. The zero-order valence-corrected chi connectivity index (χ0v) is 16.9. The van der Waals surface area contributed by atoms with Crippen molar-refractivity contribution in [2.45, 2.75) is 6.92 Å². The number of carbonyl (C=O) groups excluding carboxylic acids is 1. The molecule has 0 aliphatic heterocycles. The van der Waals surface area contributed by atoms with Gasteiger partial charge >= 0.3 is 5.76 Å². The second-order valence-electron chi connectivity index (χ2n) is 6.53. The molecule has 4 aromatic rings. The zero-order valence-electron chi connectivity index (χ0n) is 16.1. The summed E-state index contributed by atoms with van der Waals surface area (Å²) in [5.41, 5.74) is 2.85. The Morgan fingerprint density at radius 3 is 2.74 bits per heavy atom.